The SMILES string of the molecule is Cc1ccccc1-c1nc2ccc(Oc3ccc(F)cn3)cc2c(=O)n1CC1CCCNC1. The molecule has 33 heavy (non-hydrogen) atoms. The Morgan fingerprint density at radius 1 is 1.18 bits per heavy atom. The van der Waals surface area contributed by atoms with Crippen molar-refractivity contribution in [1.29, 1.82) is 0 Å². The molecule has 1 saturated heterocycles. The molecule has 4 aromatic rings. The van der Waals surface area contributed by atoms with Crippen molar-refractivity contribution in [3.05, 3.63) is 82.5 Å². The highest BCUT2D eigenvalue weighted by Crippen LogP contribution is 2.27. The minimum atomic E-state index is -0.436. The van der Waals surface area contributed by atoms with Crippen molar-refractivity contribution < 1.29 is 9.13 Å². The Balaban J connectivity index is 1.61. The predicted molar refractivity (Wildman–Crippen MR) is 126 cm³/mol. The molecule has 5 rings (SSSR count). The molecule has 2 aromatic heterocycles. The second kappa shape index (κ2) is 9.11. The van der Waals surface area contributed by atoms with Gasteiger partial charge < -0.3 is 10.1 Å². The summed E-state index contributed by atoms with van der Waals surface area (Å²) in [7, 11) is 0. The third-order valence-corrected chi connectivity index (χ3v) is 6.07. The predicted octanol–water partition coefficient (Wildman–Crippen LogP) is 4.70. The van der Waals surface area contributed by atoms with Gasteiger partial charge in [-0.15, -0.1) is 0 Å². The lowest BCUT2D eigenvalue weighted by atomic mass is 9.99. The fourth-order valence-corrected chi connectivity index (χ4v) is 4.34. The highest BCUT2D eigenvalue weighted by atomic mass is 19.1. The molecule has 1 fully saturated rings. The van der Waals surface area contributed by atoms with E-state index in [9.17, 15) is 9.18 Å². The number of nitrogens with one attached hydrogen (secondary N) is 1. The molecular formula is C26H25FN4O2. The van der Waals surface area contributed by atoms with E-state index in [2.05, 4.69) is 10.3 Å². The number of aromatic nitrogens is 3. The molecular weight excluding hydrogens is 419 g/mol. The monoisotopic (exact) mass is 444 g/mol. The van der Waals surface area contributed by atoms with Gasteiger partial charge in [0, 0.05) is 18.2 Å². The molecule has 6 nitrogen and oxygen atoms in total. The van der Waals surface area contributed by atoms with Gasteiger partial charge in [-0.1, -0.05) is 24.3 Å². The smallest absolute Gasteiger partial charge is 0.261 e. The number of benzene rings is 2. The Morgan fingerprint density at radius 2 is 2.06 bits per heavy atom. The average Bonchev–Trinajstić information content (AvgIpc) is 2.84. The van der Waals surface area contributed by atoms with Crippen LogP contribution in [0.3, 0.4) is 0 Å². The van der Waals surface area contributed by atoms with Gasteiger partial charge in [-0.05, 0) is 68.6 Å². The first-order valence-corrected chi connectivity index (χ1v) is 11.2. The zero-order valence-corrected chi connectivity index (χ0v) is 18.4. The van der Waals surface area contributed by atoms with Crippen LogP contribution in [0, 0.1) is 18.7 Å². The minimum absolute atomic E-state index is 0.0960. The van der Waals surface area contributed by atoms with Crippen LogP contribution in [0.4, 0.5) is 4.39 Å². The molecule has 1 unspecified atom stereocenters. The van der Waals surface area contributed by atoms with Gasteiger partial charge in [0.25, 0.3) is 5.56 Å². The van der Waals surface area contributed by atoms with Crippen LogP contribution in [-0.2, 0) is 6.54 Å². The van der Waals surface area contributed by atoms with Gasteiger partial charge in [-0.2, -0.15) is 0 Å². The number of hydrogen-bond donors (Lipinski definition) is 1. The third kappa shape index (κ3) is 4.50. The van der Waals surface area contributed by atoms with Crippen molar-refractivity contribution in [1.82, 2.24) is 19.9 Å². The summed E-state index contributed by atoms with van der Waals surface area (Å²) >= 11 is 0. The fourth-order valence-electron chi connectivity index (χ4n) is 4.34. The zero-order chi connectivity index (χ0) is 22.8. The van der Waals surface area contributed by atoms with Crippen LogP contribution in [0.5, 0.6) is 11.6 Å². The van der Waals surface area contributed by atoms with E-state index >= 15 is 0 Å². The number of nitrogens with zero attached hydrogens (tertiary/aromatic N) is 3. The van der Waals surface area contributed by atoms with Crippen LogP contribution in [0.2, 0.25) is 0 Å². The first-order valence-electron chi connectivity index (χ1n) is 11.2. The number of ether oxygens (including phenoxy) is 1. The molecule has 0 saturated carbocycles. The zero-order valence-electron chi connectivity index (χ0n) is 18.4. The maximum Gasteiger partial charge on any atom is 0.261 e. The first kappa shape index (κ1) is 21.3. The lowest BCUT2D eigenvalue weighted by Gasteiger charge is -2.25. The van der Waals surface area contributed by atoms with Crippen molar-refractivity contribution in [2.24, 2.45) is 5.92 Å². The number of halogens is 1. The lowest BCUT2D eigenvalue weighted by molar-refractivity contribution is 0.334. The summed E-state index contributed by atoms with van der Waals surface area (Å²) in [6, 6.07) is 15.9. The summed E-state index contributed by atoms with van der Waals surface area (Å²) in [5.41, 5.74) is 2.54. The van der Waals surface area contributed by atoms with Gasteiger partial charge in [-0.25, -0.2) is 14.4 Å². The molecule has 1 N–H and O–H groups in total. The number of piperidine rings is 1. The lowest BCUT2D eigenvalue weighted by Crippen LogP contribution is -2.35. The van der Waals surface area contributed by atoms with Crippen LogP contribution >= 0.6 is 0 Å². The number of hydrogen-bond acceptors (Lipinski definition) is 5. The molecule has 0 aliphatic carbocycles. The molecule has 0 spiro atoms. The van der Waals surface area contributed by atoms with Crippen molar-refractivity contribution in [2.75, 3.05) is 13.1 Å². The van der Waals surface area contributed by atoms with E-state index in [4.69, 9.17) is 9.72 Å². The molecule has 1 aliphatic rings. The van der Waals surface area contributed by atoms with E-state index < -0.39 is 5.82 Å². The second-order valence-electron chi connectivity index (χ2n) is 8.47. The molecule has 168 valence electrons. The van der Waals surface area contributed by atoms with E-state index in [0.717, 1.165) is 43.3 Å². The quantitative estimate of drug-likeness (QED) is 0.483. The van der Waals surface area contributed by atoms with Crippen LogP contribution in [0.15, 0.2) is 65.6 Å². The summed E-state index contributed by atoms with van der Waals surface area (Å²) < 4.78 is 20.7. The second-order valence-corrected chi connectivity index (χ2v) is 8.47. The third-order valence-electron chi connectivity index (χ3n) is 6.07. The topological polar surface area (TPSA) is 69.0 Å². The Bertz CT molecular complexity index is 1350. The van der Waals surface area contributed by atoms with Crippen molar-refractivity contribution in [3.63, 3.8) is 0 Å². The van der Waals surface area contributed by atoms with Gasteiger partial charge in [-0.3, -0.25) is 9.36 Å². The Hall–Kier alpha value is -3.58. The maximum absolute atomic E-state index is 13.7. The van der Waals surface area contributed by atoms with Gasteiger partial charge in [0.05, 0.1) is 17.1 Å². The van der Waals surface area contributed by atoms with Gasteiger partial charge in [0.1, 0.15) is 17.4 Å². The minimum Gasteiger partial charge on any atom is -0.439 e. The van der Waals surface area contributed by atoms with E-state index in [1.165, 1.54) is 12.1 Å². The highest BCUT2D eigenvalue weighted by molar-refractivity contribution is 5.81. The van der Waals surface area contributed by atoms with Crippen LogP contribution in [0.1, 0.15) is 18.4 Å². The maximum atomic E-state index is 13.7. The standard InChI is InChI=1S/C26H25FN4O2/c1-17-5-2-3-7-21(17)25-30-23-10-9-20(33-24-11-8-19(27)15-29-24)13-22(23)26(32)31(25)16-18-6-4-12-28-14-18/h2-3,5,7-11,13,15,18,28H,4,6,12,14,16H2,1H3. The molecule has 0 bridgehead atoms. The molecule has 0 radical (unpaired) electrons. The molecule has 0 amide bonds. The largest absolute Gasteiger partial charge is 0.439 e. The van der Waals surface area contributed by atoms with E-state index in [1.807, 2.05) is 35.8 Å². The van der Waals surface area contributed by atoms with E-state index in [-0.39, 0.29) is 11.4 Å². The van der Waals surface area contributed by atoms with E-state index in [1.54, 1.807) is 18.2 Å². The number of pyridine rings is 1. The average molecular weight is 445 g/mol. The summed E-state index contributed by atoms with van der Waals surface area (Å²) in [6.07, 6.45) is 3.27. The Labute approximate surface area is 191 Å². The molecule has 1 aliphatic heterocycles. The number of fused-ring (bicyclic) bond motifs is 1. The Kier molecular flexibility index (Phi) is 5.88. The molecule has 3 heterocycles. The normalized spacial score (nSPS) is 16.1. The van der Waals surface area contributed by atoms with Crippen molar-refractivity contribution >= 4 is 10.9 Å². The van der Waals surface area contributed by atoms with Gasteiger partial charge in [0.15, 0.2) is 0 Å². The summed E-state index contributed by atoms with van der Waals surface area (Å²) in [4.78, 5) is 22.6. The first-order chi connectivity index (χ1) is 16.1. The number of rotatable bonds is 5. The summed E-state index contributed by atoms with van der Waals surface area (Å²) in [5.74, 6) is 1.32. The Morgan fingerprint density at radius 3 is 2.82 bits per heavy atom. The molecule has 2 aromatic carbocycles. The number of aryl methyl sites for hydroxylation is 1. The molecule has 1 atom stereocenters. The van der Waals surface area contributed by atoms with Crippen molar-refractivity contribution in [2.45, 2.75) is 26.3 Å². The van der Waals surface area contributed by atoms with E-state index in [0.29, 0.717) is 34.9 Å². The molecule has 7 heteroatoms. The highest BCUT2D eigenvalue weighted by Gasteiger charge is 2.20. The summed E-state index contributed by atoms with van der Waals surface area (Å²) in [5, 5.41) is 3.92. The van der Waals surface area contributed by atoms with Crippen LogP contribution in [0.25, 0.3) is 22.3 Å². The van der Waals surface area contributed by atoms with Crippen molar-refractivity contribution in [3.8, 4) is 23.0 Å². The van der Waals surface area contributed by atoms with Gasteiger partial charge >= 0.3 is 0 Å². The van der Waals surface area contributed by atoms with Crippen LogP contribution < -0.4 is 15.6 Å². The van der Waals surface area contributed by atoms with Crippen LogP contribution in [-0.4, -0.2) is 27.6 Å². The fraction of sp³-hybridized carbons (Fsp3) is 0.269. The van der Waals surface area contributed by atoms with Gasteiger partial charge in [0.2, 0.25) is 5.88 Å². The summed E-state index contributed by atoms with van der Waals surface area (Å²) in [6.45, 7) is 4.54.